The summed E-state index contributed by atoms with van der Waals surface area (Å²) in [6, 6.07) is 70.0. The van der Waals surface area contributed by atoms with E-state index in [1.165, 1.54) is 83.5 Å². The molecule has 0 amide bonds. The zero-order valence-electron chi connectivity index (χ0n) is 36.3. The largest absolute Gasteiger partial charge is 0.311 e. The van der Waals surface area contributed by atoms with E-state index in [1.807, 2.05) is 0 Å². The third-order valence-corrected chi connectivity index (χ3v) is 14.4. The SMILES string of the molecule is CC1(c2ccc(N(c3ccc(-c4ccc5c(c4)C(C)(C)c4ccccc4-5)cc3)c3ccc(-c4ccc5c(c4)C(C)(C)c4ccccc4-5)cc3)cc2)C=CC(c2ccccc2)=CC1. The maximum Gasteiger partial charge on any atom is 0.0462 e. The van der Waals surface area contributed by atoms with Crippen LogP contribution in [0, 0.1) is 0 Å². The molecular weight excluding hydrogens is 747 g/mol. The molecule has 0 aromatic heterocycles. The van der Waals surface area contributed by atoms with Crippen LogP contribution in [0.15, 0.2) is 206 Å². The van der Waals surface area contributed by atoms with Gasteiger partial charge in [0, 0.05) is 33.3 Å². The molecule has 8 aromatic carbocycles. The Bertz CT molecular complexity index is 2920. The number of anilines is 3. The molecule has 0 saturated heterocycles. The molecule has 3 aliphatic rings. The second-order valence-electron chi connectivity index (χ2n) is 18.8. The Labute approximate surface area is 367 Å². The highest BCUT2D eigenvalue weighted by atomic mass is 15.1. The van der Waals surface area contributed by atoms with E-state index < -0.39 is 0 Å². The van der Waals surface area contributed by atoms with Crippen LogP contribution in [0.1, 0.15) is 74.4 Å². The number of nitrogens with zero attached hydrogens (tertiary/aromatic N) is 1. The van der Waals surface area contributed by atoms with E-state index in [0.717, 1.165) is 23.5 Å². The number of hydrogen-bond acceptors (Lipinski definition) is 1. The van der Waals surface area contributed by atoms with E-state index in [0.29, 0.717) is 0 Å². The Kier molecular flexibility index (Phi) is 8.78. The van der Waals surface area contributed by atoms with Crippen LogP contribution in [0.4, 0.5) is 17.1 Å². The summed E-state index contributed by atoms with van der Waals surface area (Å²) in [4.78, 5) is 2.40. The Morgan fingerprint density at radius 2 is 0.790 bits per heavy atom. The lowest BCUT2D eigenvalue weighted by Crippen LogP contribution is -2.20. The Hall–Kier alpha value is -6.96. The minimum absolute atomic E-state index is 0.0387. The fraction of sp³-hybridized carbons (Fsp3) is 0.148. The summed E-state index contributed by atoms with van der Waals surface area (Å²) in [7, 11) is 0. The number of fused-ring (bicyclic) bond motifs is 6. The molecule has 0 saturated carbocycles. The van der Waals surface area contributed by atoms with Gasteiger partial charge in [-0.05, 0) is 138 Å². The summed E-state index contributed by atoms with van der Waals surface area (Å²) in [5.41, 5.74) is 23.0. The van der Waals surface area contributed by atoms with Crippen LogP contribution >= 0.6 is 0 Å². The standard InChI is InChI=1S/C61H51N/c1-59(2)55-17-11-9-15-51(55)53-33-23-45(39-57(53)59)42-19-27-48(28-20-42)62(50-31-25-47(26-32-50)61(5)37-35-44(36-38-61)41-13-7-6-8-14-41)49-29-21-43(22-30-49)46-24-34-54-52-16-10-12-18-56(52)60(3,4)58(54)40-46/h6-37,39-40H,38H2,1-5H3. The highest BCUT2D eigenvalue weighted by Gasteiger charge is 2.36. The van der Waals surface area contributed by atoms with Crippen molar-refractivity contribution in [1.82, 2.24) is 0 Å². The third kappa shape index (κ3) is 6.13. The van der Waals surface area contributed by atoms with Gasteiger partial charge in [-0.1, -0.05) is 192 Å². The van der Waals surface area contributed by atoms with Gasteiger partial charge in [-0.2, -0.15) is 0 Å². The van der Waals surface area contributed by atoms with Crippen molar-refractivity contribution in [3.05, 3.63) is 240 Å². The van der Waals surface area contributed by atoms with Gasteiger partial charge in [0.1, 0.15) is 0 Å². The fourth-order valence-corrected chi connectivity index (χ4v) is 10.6. The number of hydrogen-bond donors (Lipinski definition) is 0. The first-order chi connectivity index (χ1) is 30.1. The van der Waals surface area contributed by atoms with Crippen LogP contribution in [-0.4, -0.2) is 0 Å². The monoisotopic (exact) mass is 797 g/mol. The maximum absolute atomic E-state index is 2.41. The molecule has 0 radical (unpaired) electrons. The summed E-state index contributed by atoms with van der Waals surface area (Å²) < 4.78 is 0. The average molecular weight is 798 g/mol. The summed E-state index contributed by atoms with van der Waals surface area (Å²) >= 11 is 0. The summed E-state index contributed by atoms with van der Waals surface area (Å²) in [6.07, 6.45) is 8.03. The second kappa shape index (κ2) is 14.3. The molecule has 8 aromatic rings. The molecule has 300 valence electrons. The molecule has 1 nitrogen and oxygen atoms in total. The fourth-order valence-electron chi connectivity index (χ4n) is 10.6. The lowest BCUT2D eigenvalue weighted by atomic mass is 9.75. The molecule has 0 N–H and O–H groups in total. The normalized spacial score (nSPS) is 17.4. The van der Waals surface area contributed by atoms with Crippen molar-refractivity contribution >= 4 is 22.6 Å². The van der Waals surface area contributed by atoms with E-state index in [2.05, 4.69) is 246 Å². The van der Waals surface area contributed by atoms with Crippen molar-refractivity contribution < 1.29 is 0 Å². The molecule has 0 fully saturated rings. The highest BCUT2D eigenvalue weighted by Crippen LogP contribution is 2.51. The minimum atomic E-state index is -0.0808. The minimum Gasteiger partial charge on any atom is -0.311 e. The first-order valence-electron chi connectivity index (χ1n) is 22.1. The molecular formula is C61H51N. The van der Waals surface area contributed by atoms with Crippen molar-refractivity contribution in [2.24, 2.45) is 0 Å². The van der Waals surface area contributed by atoms with Crippen molar-refractivity contribution in [2.75, 3.05) is 4.90 Å². The Morgan fingerprint density at radius 1 is 0.371 bits per heavy atom. The Balaban J connectivity index is 0.931. The van der Waals surface area contributed by atoms with E-state index in [4.69, 9.17) is 0 Å². The molecule has 0 aliphatic heterocycles. The van der Waals surface area contributed by atoms with E-state index in [9.17, 15) is 0 Å². The molecule has 1 atom stereocenters. The summed E-state index contributed by atoms with van der Waals surface area (Å²) in [6.45, 7) is 11.8. The van der Waals surface area contributed by atoms with Crippen LogP contribution in [0.3, 0.4) is 0 Å². The van der Waals surface area contributed by atoms with Crippen molar-refractivity contribution in [3.8, 4) is 44.5 Å². The maximum atomic E-state index is 2.41. The molecule has 11 rings (SSSR count). The predicted molar refractivity (Wildman–Crippen MR) is 263 cm³/mol. The van der Waals surface area contributed by atoms with Crippen LogP contribution in [0.5, 0.6) is 0 Å². The molecule has 0 bridgehead atoms. The van der Waals surface area contributed by atoms with Gasteiger partial charge in [0.05, 0.1) is 0 Å². The van der Waals surface area contributed by atoms with E-state index in [-0.39, 0.29) is 16.2 Å². The molecule has 62 heavy (non-hydrogen) atoms. The van der Waals surface area contributed by atoms with E-state index >= 15 is 0 Å². The van der Waals surface area contributed by atoms with Gasteiger partial charge in [0.25, 0.3) is 0 Å². The number of rotatable bonds is 7. The van der Waals surface area contributed by atoms with Crippen molar-refractivity contribution in [3.63, 3.8) is 0 Å². The van der Waals surface area contributed by atoms with Crippen LogP contribution in [0.2, 0.25) is 0 Å². The molecule has 1 unspecified atom stereocenters. The number of allylic oxidation sites excluding steroid dienone is 4. The summed E-state index contributed by atoms with van der Waals surface area (Å²) in [5, 5.41) is 0. The van der Waals surface area contributed by atoms with Crippen LogP contribution < -0.4 is 4.90 Å². The quantitative estimate of drug-likeness (QED) is 0.155. The lowest BCUT2D eigenvalue weighted by Gasteiger charge is -2.30. The van der Waals surface area contributed by atoms with Gasteiger partial charge in [-0.25, -0.2) is 0 Å². The number of benzene rings is 8. The summed E-state index contributed by atoms with van der Waals surface area (Å²) in [5.74, 6) is 0. The van der Waals surface area contributed by atoms with Gasteiger partial charge in [-0.3, -0.25) is 0 Å². The molecule has 0 spiro atoms. The predicted octanol–water partition coefficient (Wildman–Crippen LogP) is 16.4. The zero-order chi connectivity index (χ0) is 42.2. The van der Waals surface area contributed by atoms with Gasteiger partial charge >= 0.3 is 0 Å². The van der Waals surface area contributed by atoms with Crippen molar-refractivity contribution in [1.29, 1.82) is 0 Å². The first kappa shape index (κ1) is 38.0. The van der Waals surface area contributed by atoms with Gasteiger partial charge < -0.3 is 4.90 Å². The topological polar surface area (TPSA) is 3.24 Å². The van der Waals surface area contributed by atoms with Gasteiger partial charge in [-0.15, -0.1) is 0 Å². The average Bonchev–Trinajstić information content (AvgIpc) is 3.69. The van der Waals surface area contributed by atoms with Gasteiger partial charge in [0.15, 0.2) is 0 Å². The third-order valence-electron chi connectivity index (χ3n) is 14.4. The van der Waals surface area contributed by atoms with E-state index in [1.54, 1.807) is 0 Å². The molecule has 1 heteroatoms. The van der Waals surface area contributed by atoms with Crippen LogP contribution in [0.25, 0.3) is 50.1 Å². The van der Waals surface area contributed by atoms with Crippen LogP contribution in [-0.2, 0) is 16.2 Å². The Morgan fingerprint density at radius 3 is 1.26 bits per heavy atom. The van der Waals surface area contributed by atoms with Crippen molar-refractivity contribution in [2.45, 2.75) is 57.3 Å². The second-order valence-corrected chi connectivity index (χ2v) is 18.8. The van der Waals surface area contributed by atoms with Gasteiger partial charge in [0.2, 0.25) is 0 Å². The lowest BCUT2D eigenvalue weighted by molar-refractivity contribution is 0.601. The first-order valence-corrected chi connectivity index (χ1v) is 22.1. The molecule has 3 aliphatic carbocycles. The molecule has 0 heterocycles. The zero-order valence-corrected chi connectivity index (χ0v) is 36.3. The smallest absolute Gasteiger partial charge is 0.0462 e. The highest BCUT2D eigenvalue weighted by molar-refractivity contribution is 5.86.